The summed E-state index contributed by atoms with van der Waals surface area (Å²) >= 11 is 0. The third-order valence-electron chi connectivity index (χ3n) is 1.12. The van der Waals surface area contributed by atoms with E-state index in [2.05, 4.69) is 0 Å². The average Bonchev–Trinajstić information content (AvgIpc) is 1.87. The molecule has 6 heteroatoms. The van der Waals surface area contributed by atoms with Gasteiger partial charge in [-0.25, -0.2) is 0 Å². The monoisotopic (exact) mass is 179 g/mol. The molecule has 0 saturated carbocycles. The average molecular weight is 179 g/mol. The summed E-state index contributed by atoms with van der Waals surface area (Å²) in [5.41, 5.74) is 5.08. The van der Waals surface area contributed by atoms with Crippen molar-refractivity contribution in [1.29, 1.82) is 0 Å². The molecule has 0 fully saturated rings. The van der Waals surface area contributed by atoms with Gasteiger partial charge in [-0.15, -0.1) is 0 Å². The summed E-state index contributed by atoms with van der Waals surface area (Å²) in [4.78, 5) is 10.2. The lowest BCUT2D eigenvalue weighted by atomic mass is 10.1. The molecular formula is C5H10NO4P. The summed E-state index contributed by atoms with van der Waals surface area (Å²) < 4.78 is 10.2. The standard InChI is InChI=1S/C5H10NO4P/c1-5(9,11-10)2-3(6)4(7)8/h3,9H,2,6H2,1H3,(H,7,8). The van der Waals surface area contributed by atoms with E-state index in [1.807, 2.05) is 0 Å². The highest BCUT2D eigenvalue weighted by Gasteiger charge is 2.27. The molecule has 2 unspecified atom stereocenters. The zero-order valence-corrected chi connectivity index (χ0v) is 6.91. The Kier molecular flexibility index (Phi) is 3.58. The predicted molar refractivity (Wildman–Crippen MR) is 38.5 cm³/mol. The minimum atomic E-state index is -1.54. The smallest absolute Gasteiger partial charge is 0.320 e. The van der Waals surface area contributed by atoms with Crippen LogP contribution in [0.25, 0.3) is 0 Å². The third-order valence-corrected chi connectivity index (χ3v) is 1.70. The molecule has 64 valence electrons. The molecule has 0 spiro atoms. The number of hydrogen-bond donors (Lipinski definition) is 3. The summed E-state index contributed by atoms with van der Waals surface area (Å²) in [6, 6.07) is -1.17. The topological polar surface area (TPSA) is 101 Å². The Hall–Kier alpha value is -0.510. The van der Waals surface area contributed by atoms with Crippen molar-refractivity contribution in [3.63, 3.8) is 0 Å². The van der Waals surface area contributed by atoms with Crippen LogP contribution in [0.3, 0.4) is 0 Å². The van der Waals surface area contributed by atoms with Crippen LogP contribution in [-0.2, 0) is 9.36 Å². The van der Waals surface area contributed by atoms with Gasteiger partial charge in [0.25, 0.3) is 0 Å². The van der Waals surface area contributed by atoms with E-state index in [0.717, 1.165) is 0 Å². The number of aliphatic hydroxyl groups is 1. The maximum Gasteiger partial charge on any atom is 0.320 e. The van der Waals surface area contributed by atoms with E-state index in [1.54, 1.807) is 0 Å². The molecule has 0 amide bonds. The van der Waals surface area contributed by atoms with Crippen molar-refractivity contribution < 1.29 is 19.6 Å². The summed E-state index contributed by atoms with van der Waals surface area (Å²) in [5.74, 6) is -1.21. The van der Waals surface area contributed by atoms with E-state index in [1.165, 1.54) is 6.92 Å². The molecule has 0 aromatic rings. The lowest BCUT2D eigenvalue weighted by Gasteiger charge is -2.16. The van der Waals surface area contributed by atoms with E-state index in [-0.39, 0.29) is 6.42 Å². The van der Waals surface area contributed by atoms with Gasteiger partial charge < -0.3 is 15.9 Å². The minimum Gasteiger partial charge on any atom is -0.480 e. The maximum atomic E-state index is 10.2. The molecular weight excluding hydrogens is 169 g/mol. The van der Waals surface area contributed by atoms with Crippen molar-refractivity contribution in [3.8, 4) is 0 Å². The van der Waals surface area contributed by atoms with Crippen LogP contribution in [0.1, 0.15) is 13.3 Å². The fourth-order valence-electron chi connectivity index (χ4n) is 0.541. The number of nitrogens with two attached hydrogens (primary N) is 1. The summed E-state index contributed by atoms with van der Waals surface area (Å²) in [7, 11) is -0.516. The zero-order chi connectivity index (χ0) is 9.07. The largest absolute Gasteiger partial charge is 0.480 e. The van der Waals surface area contributed by atoms with Crippen molar-refractivity contribution in [2.24, 2.45) is 5.73 Å². The van der Waals surface area contributed by atoms with Crippen LogP contribution < -0.4 is 5.73 Å². The summed E-state index contributed by atoms with van der Waals surface area (Å²) in [6.45, 7) is 1.25. The van der Waals surface area contributed by atoms with Crippen molar-refractivity contribution in [2.75, 3.05) is 0 Å². The molecule has 0 saturated heterocycles. The van der Waals surface area contributed by atoms with Crippen molar-refractivity contribution in [2.45, 2.75) is 24.7 Å². The highest BCUT2D eigenvalue weighted by atomic mass is 31.1. The second kappa shape index (κ2) is 3.76. The molecule has 2 atom stereocenters. The van der Waals surface area contributed by atoms with E-state index < -0.39 is 25.8 Å². The Bertz CT molecular complexity index is 170. The SMILES string of the molecule is CC(O)(CC(N)C(=O)O)P=O. The highest BCUT2D eigenvalue weighted by molar-refractivity contribution is 7.25. The molecule has 0 radical (unpaired) electrons. The van der Waals surface area contributed by atoms with Gasteiger partial charge in [0, 0.05) is 6.42 Å². The van der Waals surface area contributed by atoms with E-state index >= 15 is 0 Å². The van der Waals surface area contributed by atoms with Gasteiger partial charge in [-0.2, -0.15) is 0 Å². The van der Waals surface area contributed by atoms with E-state index in [9.17, 15) is 9.36 Å². The normalized spacial score (nSPS) is 19.2. The van der Waals surface area contributed by atoms with Gasteiger partial charge in [-0.05, 0) is 6.92 Å². The fraction of sp³-hybridized carbons (Fsp3) is 0.800. The third kappa shape index (κ3) is 4.03. The van der Waals surface area contributed by atoms with Crippen LogP contribution in [0, 0.1) is 0 Å². The van der Waals surface area contributed by atoms with Gasteiger partial charge in [0.05, 0.1) is 0 Å². The predicted octanol–water partition coefficient (Wildman–Crippen LogP) is -0.211. The van der Waals surface area contributed by atoms with Gasteiger partial charge in [0.15, 0.2) is 8.46 Å². The van der Waals surface area contributed by atoms with Gasteiger partial charge >= 0.3 is 5.97 Å². The molecule has 0 aliphatic carbocycles. The van der Waals surface area contributed by atoms with Gasteiger partial charge in [0.2, 0.25) is 0 Å². The fourth-order valence-corrected chi connectivity index (χ4v) is 0.812. The number of aliphatic carboxylic acids is 1. The first-order valence-electron chi connectivity index (χ1n) is 2.94. The van der Waals surface area contributed by atoms with Gasteiger partial charge in [-0.1, -0.05) is 0 Å². The molecule has 4 N–H and O–H groups in total. The Labute approximate surface area is 65.4 Å². The second-order valence-electron chi connectivity index (χ2n) is 2.46. The molecule has 0 aromatic heterocycles. The van der Waals surface area contributed by atoms with Crippen LogP contribution in [0.2, 0.25) is 0 Å². The molecule has 0 aliphatic rings. The lowest BCUT2D eigenvalue weighted by molar-refractivity contribution is -0.139. The van der Waals surface area contributed by atoms with Gasteiger partial charge in [0.1, 0.15) is 11.4 Å². The minimum absolute atomic E-state index is 0.229. The van der Waals surface area contributed by atoms with Crippen LogP contribution >= 0.6 is 8.46 Å². The van der Waals surface area contributed by atoms with Crippen LogP contribution in [0.4, 0.5) is 0 Å². The molecule has 0 bridgehead atoms. The number of carboxylic acids is 1. The number of carboxylic acid groups (broad SMARTS) is 1. The number of rotatable bonds is 4. The first-order valence-corrected chi connectivity index (χ1v) is 3.75. The van der Waals surface area contributed by atoms with Crippen molar-refractivity contribution in [3.05, 3.63) is 0 Å². The first kappa shape index (κ1) is 10.5. The molecule has 0 heterocycles. The Morgan fingerprint density at radius 3 is 2.55 bits per heavy atom. The zero-order valence-electron chi connectivity index (χ0n) is 6.02. The summed E-state index contributed by atoms with van der Waals surface area (Å²) in [5, 5.41) is 15.8. The van der Waals surface area contributed by atoms with Crippen LogP contribution in [-0.4, -0.2) is 27.6 Å². The maximum absolute atomic E-state index is 10.2. The number of hydrogen-bond acceptors (Lipinski definition) is 4. The highest BCUT2D eigenvalue weighted by Crippen LogP contribution is 2.23. The molecule has 11 heavy (non-hydrogen) atoms. The molecule has 0 aromatic carbocycles. The summed E-state index contributed by atoms with van der Waals surface area (Å²) in [6.07, 6.45) is -0.229. The van der Waals surface area contributed by atoms with Crippen LogP contribution in [0.5, 0.6) is 0 Å². The molecule has 0 aliphatic heterocycles. The first-order chi connectivity index (χ1) is 4.89. The number of carbonyl (C=O) groups is 1. The van der Waals surface area contributed by atoms with E-state index in [4.69, 9.17) is 15.9 Å². The Morgan fingerprint density at radius 2 is 2.27 bits per heavy atom. The quantitative estimate of drug-likeness (QED) is 0.518. The Balaban J connectivity index is 4.03. The Morgan fingerprint density at radius 1 is 1.82 bits per heavy atom. The second-order valence-corrected chi connectivity index (χ2v) is 3.60. The van der Waals surface area contributed by atoms with Crippen molar-refractivity contribution in [1.82, 2.24) is 0 Å². The molecule has 0 rings (SSSR count). The van der Waals surface area contributed by atoms with Gasteiger partial charge in [-0.3, -0.25) is 9.36 Å². The van der Waals surface area contributed by atoms with Crippen LogP contribution in [0.15, 0.2) is 0 Å². The van der Waals surface area contributed by atoms with Crippen molar-refractivity contribution >= 4 is 14.4 Å². The van der Waals surface area contributed by atoms with E-state index in [0.29, 0.717) is 0 Å². The molecule has 5 nitrogen and oxygen atoms in total. The lowest BCUT2D eigenvalue weighted by Crippen LogP contribution is -2.36.